The normalized spacial score (nSPS) is 20.5. The second-order valence-corrected chi connectivity index (χ2v) is 10.8. The van der Waals surface area contributed by atoms with E-state index in [-0.39, 0.29) is 30.5 Å². The summed E-state index contributed by atoms with van der Waals surface area (Å²) in [7, 11) is 0. The third kappa shape index (κ3) is 6.58. The topological polar surface area (TPSA) is 150 Å². The summed E-state index contributed by atoms with van der Waals surface area (Å²) >= 11 is 0. The zero-order valence-corrected chi connectivity index (χ0v) is 23.5. The van der Waals surface area contributed by atoms with Crippen LogP contribution in [0.25, 0.3) is 0 Å². The number of hydrogen-bond acceptors (Lipinski definition) is 5. The summed E-state index contributed by atoms with van der Waals surface area (Å²) in [5.41, 5.74) is 14.3. The van der Waals surface area contributed by atoms with Gasteiger partial charge < -0.3 is 26.6 Å². The number of nitrogens with zero attached hydrogens (tertiary/aromatic N) is 2. The maximum atomic E-state index is 14.8. The zero-order valence-electron chi connectivity index (χ0n) is 23.5. The Morgan fingerprint density at radius 3 is 1.70 bits per heavy atom. The van der Waals surface area contributed by atoms with Gasteiger partial charge in [-0.3, -0.25) is 14.5 Å². The van der Waals surface area contributed by atoms with Crippen LogP contribution in [-0.4, -0.2) is 57.3 Å². The van der Waals surface area contributed by atoms with E-state index in [9.17, 15) is 24.6 Å². The molecule has 4 aromatic rings. The molecule has 0 aliphatic carbocycles. The molecule has 0 aromatic heterocycles. The average molecular weight is 579 g/mol. The predicted octanol–water partition coefficient (Wildman–Crippen LogP) is 3.27. The van der Waals surface area contributed by atoms with E-state index in [0.29, 0.717) is 11.3 Å². The lowest BCUT2D eigenvalue weighted by molar-refractivity contribution is -0.0291. The van der Waals surface area contributed by atoms with Crippen molar-refractivity contribution in [2.45, 2.75) is 43.7 Å². The Kier molecular flexibility index (Phi) is 8.85. The molecule has 0 radical (unpaired) electrons. The zero-order chi connectivity index (χ0) is 30.5. The van der Waals surface area contributed by atoms with Crippen molar-refractivity contribution in [1.82, 2.24) is 4.90 Å². The molecule has 1 saturated heterocycles. The van der Waals surface area contributed by atoms with Crippen molar-refractivity contribution in [3.63, 3.8) is 0 Å². The standard InChI is InChI=1S/C34H34N4O5/c35-32(41)25-14-7-13-24(17-25)21-37-28(18-22-9-3-1-4-10-22)30(39)31(40)29(19-23-11-5-2-6-12-23)38(34(37)43)27-16-8-15-26(20-27)33(36)42/h1-17,20,28-31,39-40H,18-19,21H2,(H2,35,41)(H2,36,42)/t28-,29-,30+,31+/m1/s1. The number of nitrogens with two attached hydrogens (primary N) is 2. The SMILES string of the molecule is NC(=O)c1cccc(CN2C(=O)N(c3cccc(C(N)=O)c3)[C@H](Cc3ccccc3)[C@H](O)[C@@H](O)[C@H]2Cc2ccccc2)c1. The number of carbonyl (C=O) groups excluding carboxylic acids is 3. The van der Waals surface area contributed by atoms with E-state index in [1.807, 2.05) is 60.7 Å². The molecular weight excluding hydrogens is 544 g/mol. The van der Waals surface area contributed by atoms with Crippen molar-refractivity contribution in [2.75, 3.05) is 4.90 Å². The van der Waals surface area contributed by atoms with Gasteiger partial charge in [-0.2, -0.15) is 0 Å². The molecule has 9 nitrogen and oxygen atoms in total. The van der Waals surface area contributed by atoms with Gasteiger partial charge in [0.25, 0.3) is 0 Å². The molecule has 1 fully saturated rings. The second-order valence-electron chi connectivity index (χ2n) is 10.8. The number of rotatable bonds is 9. The molecule has 4 amide bonds. The van der Waals surface area contributed by atoms with E-state index in [2.05, 4.69) is 0 Å². The van der Waals surface area contributed by atoms with Crippen molar-refractivity contribution >= 4 is 23.5 Å². The van der Waals surface area contributed by atoms with Gasteiger partial charge in [-0.15, -0.1) is 0 Å². The van der Waals surface area contributed by atoms with Crippen LogP contribution in [0.15, 0.2) is 109 Å². The average Bonchev–Trinajstić information content (AvgIpc) is 3.08. The largest absolute Gasteiger partial charge is 0.388 e. The first kappa shape index (κ1) is 29.5. The number of carbonyl (C=O) groups is 3. The Morgan fingerprint density at radius 1 is 0.628 bits per heavy atom. The first-order valence-electron chi connectivity index (χ1n) is 14.1. The Labute approximate surface area is 250 Å². The lowest BCUT2D eigenvalue weighted by Gasteiger charge is -2.36. The summed E-state index contributed by atoms with van der Waals surface area (Å²) < 4.78 is 0. The summed E-state index contributed by atoms with van der Waals surface area (Å²) in [6, 6.07) is 29.6. The van der Waals surface area contributed by atoms with Crippen molar-refractivity contribution < 1.29 is 24.6 Å². The number of anilines is 1. The minimum atomic E-state index is -1.36. The van der Waals surface area contributed by atoms with Gasteiger partial charge in [0.15, 0.2) is 0 Å². The Hall–Kier alpha value is -4.99. The van der Waals surface area contributed by atoms with Crippen LogP contribution in [0.1, 0.15) is 37.4 Å². The van der Waals surface area contributed by atoms with Crippen molar-refractivity contribution in [2.24, 2.45) is 11.5 Å². The highest BCUT2D eigenvalue weighted by molar-refractivity contribution is 5.98. The van der Waals surface area contributed by atoms with Crippen molar-refractivity contribution in [1.29, 1.82) is 0 Å². The van der Waals surface area contributed by atoms with E-state index in [1.54, 1.807) is 42.5 Å². The molecule has 1 aliphatic heterocycles. The highest BCUT2D eigenvalue weighted by atomic mass is 16.3. The van der Waals surface area contributed by atoms with Crippen LogP contribution in [0.5, 0.6) is 0 Å². The van der Waals surface area contributed by atoms with Gasteiger partial charge in [-0.1, -0.05) is 78.9 Å². The molecule has 9 heteroatoms. The molecule has 43 heavy (non-hydrogen) atoms. The van der Waals surface area contributed by atoms with Gasteiger partial charge in [-0.25, -0.2) is 4.79 Å². The molecule has 0 unspecified atom stereocenters. The molecule has 4 atom stereocenters. The molecule has 1 aliphatic rings. The van der Waals surface area contributed by atoms with Gasteiger partial charge in [0.05, 0.1) is 12.1 Å². The summed E-state index contributed by atoms with van der Waals surface area (Å²) in [6.45, 7) is 0.0191. The van der Waals surface area contributed by atoms with E-state index < -0.39 is 42.1 Å². The number of primary amides is 2. The van der Waals surface area contributed by atoms with Crippen LogP contribution < -0.4 is 16.4 Å². The third-order valence-electron chi connectivity index (χ3n) is 7.87. The minimum Gasteiger partial charge on any atom is -0.388 e. The van der Waals surface area contributed by atoms with Crippen molar-refractivity contribution in [3.05, 3.63) is 137 Å². The summed E-state index contributed by atoms with van der Waals surface area (Å²) in [5, 5.41) is 23.7. The molecule has 4 aromatic carbocycles. The first-order chi connectivity index (χ1) is 20.7. The summed E-state index contributed by atoms with van der Waals surface area (Å²) in [4.78, 5) is 41.8. The van der Waals surface area contributed by atoms with Crippen LogP contribution >= 0.6 is 0 Å². The van der Waals surface area contributed by atoms with Gasteiger partial charge in [-0.05, 0) is 59.9 Å². The summed E-state index contributed by atoms with van der Waals surface area (Å²) in [6.07, 6.45) is -2.22. The van der Waals surface area contributed by atoms with Gasteiger partial charge in [0.2, 0.25) is 11.8 Å². The van der Waals surface area contributed by atoms with E-state index in [0.717, 1.165) is 11.1 Å². The van der Waals surface area contributed by atoms with E-state index >= 15 is 0 Å². The smallest absolute Gasteiger partial charge is 0.325 e. The minimum absolute atomic E-state index is 0.0191. The molecule has 5 rings (SSSR count). The first-order valence-corrected chi connectivity index (χ1v) is 14.1. The number of benzene rings is 4. The Morgan fingerprint density at radius 2 is 1.12 bits per heavy atom. The monoisotopic (exact) mass is 578 g/mol. The van der Waals surface area contributed by atoms with Crippen molar-refractivity contribution in [3.8, 4) is 0 Å². The van der Waals surface area contributed by atoms with Crippen LogP contribution in [0.3, 0.4) is 0 Å². The fourth-order valence-corrected chi connectivity index (χ4v) is 5.68. The van der Waals surface area contributed by atoms with Crippen LogP contribution in [0.2, 0.25) is 0 Å². The lowest BCUT2D eigenvalue weighted by Crippen LogP contribution is -2.51. The molecule has 220 valence electrons. The maximum absolute atomic E-state index is 14.8. The molecule has 6 N–H and O–H groups in total. The molecule has 0 saturated carbocycles. The Bertz CT molecular complexity index is 1600. The predicted molar refractivity (Wildman–Crippen MR) is 163 cm³/mol. The third-order valence-corrected chi connectivity index (χ3v) is 7.87. The maximum Gasteiger partial charge on any atom is 0.325 e. The van der Waals surface area contributed by atoms with E-state index in [4.69, 9.17) is 11.5 Å². The molecular formula is C34H34N4O5. The number of aliphatic hydroxyl groups excluding tert-OH is 2. The van der Waals surface area contributed by atoms with Gasteiger partial charge in [0.1, 0.15) is 12.2 Å². The van der Waals surface area contributed by atoms with Gasteiger partial charge in [0, 0.05) is 23.4 Å². The lowest BCUT2D eigenvalue weighted by atomic mass is 9.90. The highest BCUT2D eigenvalue weighted by Crippen LogP contribution is 2.32. The number of hydrogen-bond donors (Lipinski definition) is 4. The Balaban J connectivity index is 1.66. The van der Waals surface area contributed by atoms with Gasteiger partial charge >= 0.3 is 6.03 Å². The number of urea groups is 1. The van der Waals surface area contributed by atoms with Crippen LogP contribution in [0, 0.1) is 0 Å². The second kappa shape index (κ2) is 12.9. The molecule has 1 heterocycles. The number of aliphatic hydroxyl groups is 2. The fourth-order valence-electron chi connectivity index (χ4n) is 5.68. The van der Waals surface area contributed by atoms with E-state index in [1.165, 1.54) is 15.9 Å². The molecule has 0 bridgehead atoms. The quantitative estimate of drug-likeness (QED) is 0.240. The van der Waals surface area contributed by atoms with Crippen LogP contribution in [0.4, 0.5) is 10.5 Å². The fraction of sp³-hybridized carbons (Fsp3) is 0.206. The van der Waals surface area contributed by atoms with Crippen LogP contribution in [-0.2, 0) is 19.4 Å². The molecule has 0 spiro atoms. The number of amides is 4. The highest BCUT2D eigenvalue weighted by Gasteiger charge is 2.47. The summed E-state index contributed by atoms with van der Waals surface area (Å²) in [5.74, 6) is -1.26.